The summed E-state index contributed by atoms with van der Waals surface area (Å²) in [6.45, 7) is 3.94. The van der Waals surface area contributed by atoms with Crippen LogP contribution in [0, 0.1) is 0 Å². The first-order chi connectivity index (χ1) is 8.04. The Bertz CT molecular complexity index is 394. The summed E-state index contributed by atoms with van der Waals surface area (Å²) in [5.41, 5.74) is 1.39. The summed E-state index contributed by atoms with van der Waals surface area (Å²) in [6.07, 6.45) is 0.0821. The number of carboxylic acids is 1. The van der Waals surface area contributed by atoms with Crippen LogP contribution in [0.25, 0.3) is 0 Å². The van der Waals surface area contributed by atoms with Crippen molar-refractivity contribution in [3.63, 3.8) is 0 Å². The Morgan fingerprint density at radius 3 is 2.35 bits per heavy atom. The van der Waals surface area contributed by atoms with Crippen LogP contribution < -0.4 is 0 Å². The van der Waals surface area contributed by atoms with Gasteiger partial charge in [-0.2, -0.15) is 0 Å². The van der Waals surface area contributed by atoms with Gasteiger partial charge in [-0.25, -0.2) is 4.79 Å². The van der Waals surface area contributed by atoms with Crippen molar-refractivity contribution in [2.75, 3.05) is 6.61 Å². The van der Waals surface area contributed by atoms with E-state index in [1.54, 1.807) is 31.2 Å². The monoisotopic (exact) mass is 236 g/mol. The molecular formula is C13H16O4. The highest BCUT2D eigenvalue weighted by molar-refractivity contribution is 5.89. The van der Waals surface area contributed by atoms with E-state index >= 15 is 0 Å². The molecule has 4 heteroatoms. The number of carbonyl (C=O) groups is 2. The van der Waals surface area contributed by atoms with Crippen molar-refractivity contribution in [2.24, 2.45) is 0 Å². The van der Waals surface area contributed by atoms with E-state index < -0.39 is 5.97 Å². The Balaban J connectivity index is 2.73. The van der Waals surface area contributed by atoms with Crippen molar-refractivity contribution in [2.45, 2.75) is 26.2 Å². The van der Waals surface area contributed by atoms with Gasteiger partial charge in [-0.1, -0.05) is 19.1 Å². The molecule has 0 bridgehead atoms. The fourth-order valence-corrected chi connectivity index (χ4v) is 1.54. The minimum Gasteiger partial charge on any atom is -0.481 e. The molecule has 17 heavy (non-hydrogen) atoms. The number of esters is 1. The second-order valence-electron chi connectivity index (χ2n) is 3.84. The van der Waals surface area contributed by atoms with Gasteiger partial charge < -0.3 is 9.84 Å². The normalized spacial score (nSPS) is 11.9. The first-order valence-corrected chi connectivity index (χ1v) is 5.53. The molecule has 0 unspecified atom stereocenters. The third-order valence-electron chi connectivity index (χ3n) is 2.47. The third kappa shape index (κ3) is 3.90. The van der Waals surface area contributed by atoms with Gasteiger partial charge in [0.05, 0.1) is 18.6 Å². The molecule has 0 fully saturated rings. The summed E-state index contributed by atoms with van der Waals surface area (Å²) < 4.78 is 4.86. The van der Waals surface area contributed by atoms with Gasteiger partial charge in [0.1, 0.15) is 0 Å². The highest BCUT2D eigenvalue weighted by Crippen LogP contribution is 2.19. The van der Waals surface area contributed by atoms with E-state index in [0.717, 1.165) is 5.56 Å². The average molecular weight is 236 g/mol. The lowest BCUT2D eigenvalue weighted by molar-refractivity contribution is -0.137. The number of hydrogen-bond acceptors (Lipinski definition) is 3. The fourth-order valence-electron chi connectivity index (χ4n) is 1.54. The molecule has 1 aromatic rings. The Labute approximate surface area is 100 Å². The number of carbonyl (C=O) groups excluding carboxylic acids is 1. The van der Waals surface area contributed by atoms with Crippen LogP contribution in [-0.2, 0) is 9.53 Å². The van der Waals surface area contributed by atoms with E-state index in [2.05, 4.69) is 0 Å². The van der Waals surface area contributed by atoms with Crippen LogP contribution in [0.15, 0.2) is 24.3 Å². The number of ether oxygens (including phenoxy) is 1. The fraction of sp³-hybridized carbons (Fsp3) is 0.385. The topological polar surface area (TPSA) is 63.6 Å². The Morgan fingerprint density at radius 1 is 1.29 bits per heavy atom. The third-order valence-corrected chi connectivity index (χ3v) is 2.47. The molecule has 1 rings (SSSR count). The lowest BCUT2D eigenvalue weighted by atomic mass is 9.97. The highest BCUT2D eigenvalue weighted by Gasteiger charge is 2.11. The molecule has 0 aliphatic rings. The SMILES string of the molecule is CCOC(=O)c1ccc([C@H](C)CC(=O)O)cc1. The van der Waals surface area contributed by atoms with Crippen molar-refractivity contribution in [1.29, 1.82) is 0 Å². The van der Waals surface area contributed by atoms with Gasteiger partial charge in [0.2, 0.25) is 0 Å². The summed E-state index contributed by atoms with van der Waals surface area (Å²) >= 11 is 0. The van der Waals surface area contributed by atoms with Crippen LogP contribution in [0.4, 0.5) is 0 Å². The van der Waals surface area contributed by atoms with Crippen molar-refractivity contribution >= 4 is 11.9 Å². The molecule has 0 aromatic heterocycles. The maximum absolute atomic E-state index is 11.4. The average Bonchev–Trinajstić information content (AvgIpc) is 2.28. The Hall–Kier alpha value is -1.84. The van der Waals surface area contributed by atoms with Gasteiger partial charge in [0.15, 0.2) is 0 Å². The minimum atomic E-state index is -0.827. The minimum absolute atomic E-state index is 0.0660. The number of rotatable bonds is 5. The van der Waals surface area contributed by atoms with Crippen molar-refractivity contribution in [1.82, 2.24) is 0 Å². The molecule has 0 saturated heterocycles. The second-order valence-corrected chi connectivity index (χ2v) is 3.84. The molecule has 0 aliphatic carbocycles. The zero-order valence-corrected chi connectivity index (χ0v) is 9.97. The van der Waals surface area contributed by atoms with Crippen LogP contribution in [0.5, 0.6) is 0 Å². The predicted octanol–water partition coefficient (Wildman–Crippen LogP) is 2.44. The quantitative estimate of drug-likeness (QED) is 0.797. The molecule has 92 valence electrons. The smallest absolute Gasteiger partial charge is 0.338 e. The van der Waals surface area contributed by atoms with Crippen molar-refractivity contribution < 1.29 is 19.4 Å². The summed E-state index contributed by atoms with van der Waals surface area (Å²) in [5.74, 6) is -1.25. The molecular weight excluding hydrogens is 220 g/mol. The lowest BCUT2D eigenvalue weighted by Crippen LogP contribution is -2.06. The lowest BCUT2D eigenvalue weighted by Gasteiger charge is -2.09. The number of aliphatic carboxylic acids is 1. The van der Waals surface area contributed by atoms with Gasteiger partial charge in [0, 0.05) is 0 Å². The zero-order valence-electron chi connectivity index (χ0n) is 9.97. The number of benzene rings is 1. The summed E-state index contributed by atoms with van der Waals surface area (Å²) in [6, 6.07) is 6.84. The number of carboxylic acid groups (broad SMARTS) is 1. The molecule has 4 nitrogen and oxygen atoms in total. The summed E-state index contributed by atoms with van der Waals surface area (Å²) in [7, 11) is 0. The Kier molecular flexibility index (Phi) is 4.69. The van der Waals surface area contributed by atoms with Crippen molar-refractivity contribution in [3.8, 4) is 0 Å². The first-order valence-electron chi connectivity index (χ1n) is 5.53. The van der Waals surface area contributed by atoms with E-state index in [4.69, 9.17) is 9.84 Å². The molecule has 0 amide bonds. The Morgan fingerprint density at radius 2 is 1.88 bits per heavy atom. The maximum Gasteiger partial charge on any atom is 0.338 e. The summed E-state index contributed by atoms with van der Waals surface area (Å²) in [5, 5.41) is 8.68. The van der Waals surface area contributed by atoms with Crippen LogP contribution in [0.1, 0.15) is 42.1 Å². The molecule has 0 radical (unpaired) electrons. The number of hydrogen-bond donors (Lipinski definition) is 1. The first kappa shape index (κ1) is 13.2. The molecule has 1 aromatic carbocycles. The zero-order chi connectivity index (χ0) is 12.8. The van der Waals surface area contributed by atoms with E-state index in [1.807, 2.05) is 6.92 Å². The van der Waals surface area contributed by atoms with Crippen LogP contribution in [0.2, 0.25) is 0 Å². The van der Waals surface area contributed by atoms with Gasteiger partial charge in [0.25, 0.3) is 0 Å². The van der Waals surface area contributed by atoms with E-state index in [1.165, 1.54) is 0 Å². The standard InChI is InChI=1S/C13H16O4/c1-3-17-13(16)11-6-4-10(5-7-11)9(2)8-12(14)15/h4-7,9H,3,8H2,1-2H3,(H,14,15)/t9-/m1/s1. The molecule has 1 N–H and O–H groups in total. The van der Waals surface area contributed by atoms with Crippen LogP contribution >= 0.6 is 0 Å². The maximum atomic E-state index is 11.4. The van der Waals surface area contributed by atoms with E-state index in [-0.39, 0.29) is 18.3 Å². The highest BCUT2D eigenvalue weighted by atomic mass is 16.5. The van der Waals surface area contributed by atoms with Crippen LogP contribution in [-0.4, -0.2) is 23.7 Å². The van der Waals surface area contributed by atoms with Gasteiger partial charge in [-0.3, -0.25) is 4.79 Å². The van der Waals surface area contributed by atoms with Gasteiger partial charge in [-0.05, 0) is 30.5 Å². The van der Waals surface area contributed by atoms with Gasteiger partial charge >= 0.3 is 11.9 Å². The molecule has 1 atom stereocenters. The molecule has 0 spiro atoms. The largest absolute Gasteiger partial charge is 0.481 e. The van der Waals surface area contributed by atoms with E-state index in [0.29, 0.717) is 12.2 Å². The van der Waals surface area contributed by atoms with E-state index in [9.17, 15) is 9.59 Å². The molecule has 0 aliphatic heterocycles. The van der Waals surface area contributed by atoms with Crippen LogP contribution in [0.3, 0.4) is 0 Å². The molecule has 0 saturated carbocycles. The molecule has 0 heterocycles. The predicted molar refractivity (Wildman–Crippen MR) is 63.1 cm³/mol. The second kappa shape index (κ2) is 6.03. The summed E-state index contributed by atoms with van der Waals surface area (Å²) in [4.78, 5) is 22.0. The van der Waals surface area contributed by atoms with Gasteiger partial charge in [-0.15, -0.1) is 0 Å². The van der Waals surface area contributed by atoms with Crippen molar-refractivity contribution in [3.05, 3.63) is 35.4 Å².